The highest BCUT2D eigenvalue weighted by Gasteiger charge is 2.14. The molecule has 0 aliphatic rings. The Hall–Kier alpha value is -1.75. The third kappa shape index (κ3) is 3.38. The quantitative estimate of drug-likeness (QED) is 0.916. The van der Waals surface area contributed by atoms with E-state index in [1.807, 2.05) is 0 Å². The van der Waals surface area contributed by atoms with Crippen molar-refractivity contribution < 1.29 is 13.6 Å². The van der Waals surface area contributed by atoms with Crippen molar-refractivity contribution in [2.45, 2.75) is 6.54 Å². The molecule has 2 aromatic rings. The molecule has 19 heavy (non-hydrogen) atoms. The van der Waals surface area contributed by atoms with E-state index in [9.17, 15) is 13.6 Å². The van der Waals surface area contributed by atoms with Crippen LogP contribution in [0.3, 0.4) is 0 Å². The molecule has 0 spiro atoms. The summed E-state index contributed by atoms with van der Waals surface area (Å²) in [7, 11) is 0. The molecule has 0 radical (unpaired) electrons. The fourth-order valence-electron chi connectivity index (χ4n) is 1.59. The van der Waals surface area contributed by atoms with E-state index in [1.54, 1.807) is 18.2 Å². The van der Waals surface area contributed by atoms with Gasteiger partial charge in [0.15, 0.2) is 0 Å². The summed E-state index contributed by atoms with van der Waals surface area (Å²) in [4.78, 5) is 11.9. The second-order valence-electron chi connectivity index (χ2n) is 3.91. The molecular weight excluding hydrogens is 316 g/mol. The lowest BCUT2D eigenvalue weighted by Crippen LogP contribution is -2.24. The van der Waals surface area contributed by atoms with Crippen LogP contribution in [0.1, 0.15) is 15.9 Å². The zero-order valence-corrected chi connectivity index (χ0v) is 11.4. The van der Waals surface area contributed by atoms with E-state index >= 15 is 0 Å². The predicted octanol–water partition coefficient (Wildman–Crippen LogP) is 3.66. The Labute approximate surface area is 117 Å². The third-order valence-electron chi connectivity index (χ3n) is 2.56. The summed E-state index contributed by atoms with van der Waals surface area (Å²) in [6, 6.07) is 10.1. The molecule has 5 heteroatoms. The first-order chi connectivity index (χ1) is 9.08. The van der Waals surface area contributed by atoms with E-state index in [2.05, 4.69) is 21.2 Å². The molecule has 2 aromatic carbocycles. The third-order valence-corrected chi connectivity index (χ3v) is 3.22. The van der Waals surface area contributed by atoms with Crippen molar-refractivity contribution in [3.8, 4) is 0 Å². The Morgan fingerprint density at radius 3 is 2.42 bits per heavy atom. The van der Waals surface area contributed by atoms with Crippen LogP contribution in [0.25, 0.3) is 0 Å². The van der Waals surface area contributed by atoms with Crippen LogP contribution < -0.4 is 5.32 Å². The summed E-state index contributed by atoms with van der Waals surface area (Å²) < 4.78 is 26.6. The normalized spacial score (nSPS) is 10.3. The molecular formula is C14H10BrF2NO. The monoisotopic (exact) mass is 325 g/mol. The van der Waals surface area contributed by atoms with Gasteiger partial charge in [0.2, 0.25) is 0 Å². The Kier molecular flexibility index (Phi) is 4.27. The highest BCUT2D eigenvalue weighted by Crippen LogP contribution is 2.19. The Balaban J connectivity index is 2.07. The summed E-state index contributed by atoms with van der Waals surface area (Å²) in [6.07, 6.45) is 0. The Morgan fingerprint density at radius 1 is 1.11 bits per heavy atom. The van der Waals surface area contributed by atoms with E-state index < -0.39 is 11.7 Å². The molecule has 0 heterocycles. The minimum atomic E-state index is -0.592. The van der Waals surface area contributed by atoms with Gasteiger partial charge in [-0.1, -0.05) is 18.2 Å². The van der Waals surface area contributed by atoms with Crippen LogP contribution >= 0.6 is 15.9 Å². The van der Waals surface area contributed by atoms with Crippen molar-refractivity contribution in [1.82, 2.24) is 5.32 Å². The molecule has 1 N–H and O–H groups in total. The van der Waals surface area contributed by atoms with Gasteiger partial charge in [0.1, 0.15) is 11.6 Å². The Bertz CT molecular complexity index is 579. The van der Waals surface area contributed by atoms with Gasteiger partial charge in [-0.05, 0) is 45.8 Å². The molecule has 2 rings (SSSR count). The summed E-state index contributed by atoms with van der Waals surface area (Å²) in [6.45, 7) is 0.208. The van der Waals surface area contributed by atoms with Crippen molar-refractivity contribution in [2.24, 2.45) is 0 Å². The van der Waals surface area contributed by atoms with Gasteiger partial charge in [-0.15, -0.1) is 0 Å². The number of amides is 1. The maximum absolute atomic E-state index is 13.5. The van der Waals surface area contributed by atoms with E-state index in [-0.39, 0.29) is 17.9 Å². The second-order valence-corrected chi connectivity index (χ2v) is 4.76. The highest BCUT2D eigenvalue weighted by molar-refractivity contribution is 9.10. The number of carbonyl (C=O) groups excluding carboxylic acids is 1. The molecule has 0 aliphatic carbocycles. The highest BCUT2D eigenvalue weighted by atomic mass is 79.9. The van der Waals surface area contributed by atoms with Crippen molar-refractivity contribution in [3.05, 3.63) is 69.7 Å². The van der Waals surface area contributed by atoms with Gasteiger partial charge in [-0.2, -0.15) is 0 Å². The van der Waals surface area contributed by atoms with Gasteiger partial charge in [0.25, 0.3) is 5.91 Å². The average molecular weight is 326 g/mol. The minimum Gasteiger partial charge on any atom is -0.348 e. The lowest BCUT2D eigenvalue weighted by atomic mass is 10.2. The van der Waals surface area contributed by atoms with E-state index in [4.69, 9.17) is 0 Å². The SMILES string of the molecule is O=C(NCc1ccc(F)cc1)c1c(F)cccc1Br. The summed E-state index contributed by atoms with van der Waals surface area (Å²) in [5.41, 5.74) is 0.701. The first kappa shape index (κ1) is 13.7. The van der Waals surface area contributed by atoms with E-state index in [0.29, 0.717) is 4.47 Å². The fourth-order valence-corrected chi connectivity index (χ4v) is 2.11. The van der Waals surface area contributed by atoms with Crippen molar-refractivity contribution in [2.75, 3.05) is 0 Å². The summed E-state index contributed by atoms with van der Waals surface area (Å²) >= 11 is 3.13. The smallest absolute Gasteiger partial charge is 0.255 e. The molecule has 0 saturated carbocycles. The topological polar surface area (TPSA) is 29.1 Å². The van der Waals surface area contributed by atoms with Gasteiger partial charge in [0, 0.05) is 11.0 Å². The number of carbonyl (C=O) groups is 1. The van der Waals surface area contributed by atoms with Crippen molar-refractivity contribution >= 4 is 21.8 Å². The van der Waals surface area contributed by atoms with Crippen LogP contribution in [0.2, 0.25) is 0 Å². The summed E-state index contributed by atoms with van der Waals surface area (Å²) in [5.74, 6) is -1.45. The van der Waals surface area contributed by atoms with E-state index in [0.717, 1.165) is 5.56 Å². The van der Waals surface area contributed by atoms with Gasteiger partial charge < -0.3 is 5.32 Å². The maximum Gasteiger partial charge on any atom is 0.255 e. The summed E-state index contributed by atoms with van der Waals surface area (Å²) in [5, 5.41) is 2.58. The van der Waals surface area contributed by atoms with Crippen LogP contribution in [0, 0.1) is 11.6 Å². The molecule has 0 saturated heterocycles. The molecule has 0 unspecified atom stereocenters. The lowest BCUT2D eigenvalue weighted by molar-refractivity contribution is 0.0946. The fraction of sp³-hybridized carbons (Fsp3) is 0.0714. The van der Waals surface area contributed by atoms with Gasteiger partial charge in [0.05, 0.1) is 5.56 Å². The van der Waals surface area contributed by atoms with Gasteiger partial charge in [-0.3, -0.25) is 4.79 Å². The van der Waals surface area contributed by atoms with Crippen LogP contribution in [0.5, 0.6) is 0 Å². The number of nitrogens with one attached hydrogen (secondary N) is 1. The van der Waals surface area contributed by atoms with Crippen molar-refractivity contribution in [3.63, 3.8) is 0 Å². The zero-order valence-electron chi connectivity index (χ0n) is 9.79. The van der Waals surface area contributed by atoms with Gasteiger partial charge >= 0.3 is 0 Å². The zero-order chi connectivity index (χ0) is 13.8. The first-order valence-corrected chi connectivity index (χ1v) is 6.34. The Morgan fingerprint density at radius 2 is 1.79 bits per heavy atom. The number of benzene rings is 2. The number of halogens is 3. The molecule has 0 fully saturated rings. The predicted molar refractivity (Wildman–Crippen MR) is 71.7 cm³/mol. The van der Waals surface area contributed by atoms with Gasteiger partial charge in [-0.25, -0.2) is 8.78 Å². The molecule has 2 nitrogen and oxygen atoms in total. The molecule has 0 bridgehead atoms. The first-order valence-electron chi connectivity index (χ1n) is 5.54. The molecule has 98 valence electrons. The average Bonchev–Trinajstić information content (AvgIpc) is 2.38. The molecule has 0 atom stereocenters. The van der Waals surface area contributed by atoms with Crippen LogP contribution in [-0.2, 0) is 6.54 Å². The lowest BCUT2D eigenvalue weighted by Gasteiger charge is -2.08. The largest absolute Gasteiger partial charge is 0.348 e. The standard InChI is InChI=1S/C14H10BrF2NO/c15-11-2-1-3-12(17)13(11)14(19)18-8-9-4-6-10(16)7-5-9/h1-7H,8H2,(H,18,19). The molecule has 0 aliphatic heterocycles. The van der Waals surface area contributed by atoms with Crippen LogP contribution in [-0.4, -0.2) is 5.91 Å². The maximum atomic E-state index is 13.5. The minimum absolute atomic E-state index is 0.0374. The number of hydrogen-bond acceptors (Lipinski definition) is 1. The van der Waals surface area contributed by atoms with E-state index in [1.165, 1.54) is 24.3 Å². The number of rotatable bonds is 3. The molecule has 1 amide bonds. The van der Waals surface area contributed by atoms with Crippen LogP contribution in [0.15, 0.2) is 46.9 Å². The number of hydrogen-bond donors (Lipinski definition) is 1. The van der Waals surface area contributed by atoms with Crippen LogP contribution in [0.4, 0.5) is 8.78 Å². The molecule has 0 aromatic heterocycles. The van der Waals surface area contributed by atoms with Crippen molar-refractivity contribution in [1.29, 1.82) is 0 Å². The second kappa shape index (κ2) is 5.93.